The number of hydrogen-bond acceptors (Lipinski definition) is 6. The quantitative estimate of drug-likeness (QED) is 0.486. The predicted molar refractivity (Wildman–Crippen MR) is 114 cm³/mol. The minimum atomic E-state index is -0.573. The molecule has 2 aliphatic rings. The third kappa shape index (κ3) is 3.34. The Bertz CT molecular complexity index is 1240. The molecular formula is C20H13Cl2FN4O2S. The van der Waals surface area contributed by atoms with Gasteiger partial charge < -0.3 is 9.47 Å². The number of benzene rings is 2. The van der Waals surface area contributed by atoms with Crippen LogP contribution in [0.1, 0.15) is 23.9 Å². The standard InChI is InChI=1S/C20H13Cl2FN4O2S/c1-2-18-24-25-20-27(18)26-19(11-7-14(23)13(22)8-12(11)21)17(30-20)6-10-3-4-15-16(5-10)29-9-28-15/h3-8H,2,9H2,1H3/b17-6-. The Balaban J connectivity index is 1.67. The smallest absolute Gasteiger partial charge is 0.231 e. The van der Waals surface area contributed by atoms with Crippen molar-refractivity contribution >= 4 is 46.8 Å². The summed E-state index contributed by atoms with van der Waals surface area (Å²) in [5.74, 6) is 1.48. The number of nitrogens with zero attached hydrogens (tertiary/aromatic N) is 4. The van der Waals surface area contributed by atoms with Gasteiger partial charge in [0.25, 0.3) is 0 Å². The van der Waals surface area contributed by atoms with E-state index in [-0.39, 0.29) is 11.8 Å². The summed E-state index contributed by atoms with van der Waals surface area (Å²) in [6, 6.07) is 8.28. The number of fused-ring (bicyclic) bond motifs is 2. The Hall–Kier alpha value is -2.55. The van der Waals surface area contributed by atoms with Gasteiger partial charge in [0.15, 0.2) is 17.3 Å². The van der Waals surface area contributed by atoms with Gasteiger partial charge in [-0.05, 0) is 47.7 Å². The first-order chi connectivity index (χ1) is 14.5. The lowest BCUT2D eigenvalue weighted by Gasteiger charge is -2.18. The van der Waals surface area contributed by atoms with Gasteiger partial charge in [-0.1, -0.05) is 36.2 Å². The van der Waals surface area contributed by atoms with E-state index < -0.39 is 5.82 Å². The van der Waals surface area contributed by atoms with Crippen LogP contribution in [0.2, 0.25) is 10.0 Å². The molecule has 0 aliphatic carbocycles. The molecule has 2 aliphatic heterocycles. The van der Waals surface area contributed by atoms with Crippen molar-refractivity contribution in [2.45, 2.75) is 18.5 Å². The zero-order valence-electron chi connectivity index (χ0n) is 15.5. The zero-order valence-corrected chi connectivity index (χ0v) is 17.9. The van der Waals surface area contributed by atoms with E-state index in [1.807, 2.05) is 31.2 Å². The largest absolute Gasteiger partial charge is 0.454 e. The molecule has 10 heteroatoms. The number of halogens is 3. The molecule has 0 fully saturated rings. The van der Waals surface area contributed by atoms with Crippen molar-refractivity contribution in [3.63, 3.8) is 0 Å². The van der Waals surface area contributed by atoms with Crippen LogP contribution in [0.3, 0.4) is 0 Å². The first-order valence-electron chi connectivity index (χ1n) is 9.01. The maximum Gasteiger partial charge on any atom is 0.231 e. The van der Waals surface area contributed by atoms with E-state index in [1.165, 1.54) is 23.9 Å². The molecule has 0 bridgehead atoms. The van der Waals surface area contributed by atoms with Crippen molar-refractivity contribution in [2.75, 3.05) is 6.79 Å². The molecule has 0 radical (unpaired) electrons. The number of allylic oxidation sites excluding steroid dienone is 1. The Morgan fingerprint density at radius 2 is 1.97 bits per heavy atom. The number of aryl methyl sites for hydroxylation is 1. The van der Waals surface area contributed by atoms with Crippen LogP contribution in [0.5, 0.6) is 11.5 Å². The van der Waals surface area contributed by atoms with E-state index in [0.717, 1.165) is 10.5 Å². The number of ether oxygens (including phenoxy) is 2. The van der Waals surface area contributed by atoms with Gasteiger partial charge >= 0.3 is 0 Å². The highest BCUT2D eigenvalue weighted by atomic mass is 35.5. The monoisotopic (exact) mass is 462 g/mol. The van der Waals surface area contributed by atoms with Crippen LogP contribution >= 0.6 is 35.0 Å². The molecule has 0 saturated heterocycles. The summed E-state index contributed by atoms with van der Waals surface area (Å²) in [6.45, 7) is 2.16. The molecule has 6 nitrogen and oxygen atoms in total. The van der Waals surface area contributed by atoms with Crippen LogP contribution in [0.4, 0.5) is 4.39 Å². The van der Waals surface area contributed by atoms with Crippen molar-refractivity contribution in [1.82, 2.24) is 14.9 Å². The van der Waals surface area contributed by atoms with Gasteiger partial charge in [-0.3, -0.25) is 0 Å². The lowest BCUT2D eigenvalue weighted by atomic mass is 10.1. The van der Waals surface area contributed by atoms with Crippen LogP contribution in [0, 0.1) is 5.82 Å². The highest BCUT2D eigenvalue weighted by Gasteiger charge is 2.26. The maximum absolute atomic E-state index is 14.3. The molecule has 0 saturated carbocycles. The molecule has 2 aromatic carbocycles. The average Bonchev–Trinajstić information content (AvgIpc) is 3.36. The third-order valence-corrected chi connectivity index (χ3v) is 6.16. The molecular weight excluding hydrogens is 450 g/mol. The lowest BCUT2D eigenvalue weighted by Crippen LogP contribution is -2.14. The molecule has 5 rings (SSSR count). The second-order valence-electron chi connectivity index (χ2n) is 6.48. The molecule has 0 unspecified atom stereocenters. The molecule has 0 N–H and O–H groups in total. The van der Waals surface area contributed by atoms with Crippen LogP contribution in [-0.2, 0) is 6.42 Å². The zero-order chi connectivity index (χ0) is 20.8. The van der Waals surface area contributed by atoms with Crippen molar-refractivity contribution in [1.29, 1.82) is 0 Å². The minimum Gasteiger partial charge on any atom is -0.454 e. The molecule has 3 heterocycles. The van der Waals surface area contributed by atoms with Crippen LogP contribution in [-0.4, -0.2) is 27.4 Å². The van der Waals surface area contributed by atoms with Crippen molar-refractivity contribution in [2.24, 2.45) is 5.10 Å². The van der Waals surface area contributed by atoms with Crippen molar-refractivity contribution in [3.8, 4) is 11.5 Å². The van der Waals surface area contributed by atoms with Crippen LogP contribution in [0.15, 0.2) is 45.5 Å². The van der Waals surface area contributed by atoms with E-state index in [1.54, 1.807) is 4.68 Å². The molecule has 152 valence electrons. The van der Waals surface area contributed by atoms with E-state index in [4.69, 9.17) is 37.8 Å². The van der Waals surface area contributed by atoms with E-state index in [0.29, 0.717) is 45.2 Å². The first kappa shape index (κ1) is 19.4. The fraction of sp³-hybridized carbons (Fsp3) is 0.150. The van der Waals surface area contributed by atoms with E-state index in [9.17, 15) is 4.39 Å². The Labute approximate surface area is 185 Å². The molecule has 30 heavy (non-hydrogen) atoms. The fourth-order valence-corrected chi connectivity index (χ4v) is 4.55. The maximum atomic E-state index is 14.3. The van der Waals surface area contributed by atoms with Crippen molar-refractivity contribution in [3.05, 3.63) is 68.1 Å². The summed E-state index contributed by atoms with van der Waals surface area (Å²) < 4.78 is 26.8. The predicted octanol–water partition coefficient (Wildman–Crippen LogP) is 5.41. The van der Waals surface area contributed by atoms with E-state index >= 15 is 0 Å². The highest BCUT2D eigenvalue weighted by molar-refractivity contribution is 8.04. The number of thioether (sulfide) groups is 1. The lowest BCUT2D eigenvalue weighted by molar-refractivity contribution is 0.174. The third-order valence-electron chi connectivity index (χ3n) is 4.59. The highest BCUT2D eigenvalue weighted by Crippen LogP contribution is 2.39. The molecule has 0 amide bonds. The Kier molecular flexibility index (Phi) is 4.92. The molecule has 1 aromatic heterocycles. The summed E-state index contributed by atoms with van der Waals surface area (Å²) in [5.41, 5.74) is 1.79. The summed E-state index contributed by atoms with van der Waals surface area (Å²) in [7, 11) is 0. The Morgan fingerprint density at radius 3 is 2.80 bits per heavy atom. The second-order valence-corrected chi connectivity index (χ2v) is 8.31. The van der Waals surface area contributed by atoms with Gasteiger partial charge in [-0.15, -0.1) is 10.2 Å². The van der Waals surface area contributed by atoms with Gasteiger partial charge in [0.1, 0.15) is 11.5 Å². The summed E-state index contributed by atoms with van der Waals surface area (Å²) in [5, 5.41) is 14.0. The SMILES string of the molecule is CCc1nnc2n1N=C(c1cc(F)c(Cl)cc1Cl)/C(=C/c1ccc3c(c1)OCO3)S2. The summed E-state index contributed by atoms with van der Waals surface area (Å²) in [6.07, 6.45) is 2.56. The summed E-state index contributed by atoms with van der Waals surface area (Å²) >= 11 is 13.7. The topological polar surface area (TPSA) is 61.5 Å². The normalized spacial score (nSPS) is 16.0. The molecule has 3 aromatic rings. The van der Waals surface area contributed by atoms with Crippen molar-refractivity contribution < 1.29 is 13.9 Å². The van der Waals surface area contributed by atoms with Crippen LogP contribution in [0.25, 0.3) is 6.08 Å². The number of aromatic nitrogens is 3. The van der Waals surface area contributed by atoms with Gasteiger partial charge in [-0.25, -0.2) is 4.39 Å². The molecule has 0 atom stereocenters. The van der Waals surface area contributed by atoms with Gasteiger partial charge in [-0.2, -0.15) is 9.78 Å². The number of hydrogen-bond donors (Lipinski definition) is 0. The van der Waals surface area contributed by atoms with Gasteiger partial charge in [0.05, 0.1) is 10.0 Å². The van der Waals surface area contributed by atoms with Crippen LogP contribution < -0.4 is 9.47 Å². The summed E-state index contributed by atoms with van der Waals surface area (Å²) in [4.78, 5) is 0.736. The van der Waals surface area contributed by atoms with Gasteiger partial charge in [0.2, 0.25) is 11.9 Å². The second kappa shape index (κ2) is 7.61. The molecule has 0 spiro atoms. The van der Waals surface area contributed by atoms with E-state index in [2.05, 4.69) is 10.2 Å². The first-order valence-corrected chi connectivity index (χ1v) is 10.6. The minimum absolute atomic E-state index is 0.0478. The number of rotatable bonds is 3. The average molecular weight is 463 g/mol. The Morgan fingerprint density at radius 1 is 1.13 bits per heavy atom. The van der Waals surface area contributed by atoms with Gasteiger partial charge in [0, 0.05) is 16.9 Å². The fourth-order valence-electron chi connectivity index (χ4n) is 3.12.